The van der Waals surface area contributed by atoms with Gasteiger partial charge in [-0.25, -0.2) is 0 Å². The first kappa shape index (κ1) is 20.8. The van der Waals surface area contributed by atoms with E-state index in [2.05, 4.69) is 15.6 Å². The minimum atomic E-state index is -0.884. The highest BCUT2D eigenvalue weighted by atomic mass is 35.5. The fourth-order valence-corrected chi connectivity index (χ4v) is 4.14. The zero-order valence-electron chi connectivity index (χ0n) is 14.8. The molecule has 2 aromatic rings. The molecule has 0 aliphatic rings. The molecule has 0 radical (unpaired) electrons. The molecule has 0 aliphatic carbocycles. The summed E-state index contributed by atoms with van der Waals surface area (Å²) in [7, 11) is 0.855. The van der Waals surface area contributed by atoms with Gasteiger partial charge in [0, 0.05) is 58.1 Å². The van der Waals surface area contributed by atoms with Gasteiger partial charge in [0.2, 0.25) is 0 Å². The Morgan fingerprint density at radius 1 is 1.08 bits per heavy atom. The zero-order chi connectivity index (χ0) is 18.6. The average Bonchev–Trinajstić information content (AvgIpc) is 2.66. The first-order chi connectivity index (χ1) is 12.7. The van der Waals surface area contributed by atoms with Crippen LogP contribution in [0.25, 0.3) is 0 Å². The molecule has 0 fully saturated rings. The number of nitrogens with zero attached hydrogens (tertiary/aromatic N) is 1. The molecule has 26 heavy (non-hydrogen) atoms. The maximum absolute atomic E-state index is 12.1. The van der Waals surface area contributed by atoms with Crippen LogP contribution in [0.4, 0.5) is 0 Å². The van der Waals surface area contributed by atoms with Gasteiger partial charge in [-0.05, 0) is 29.8 Å². The van der Waals surface area contributed by atoms with Crippen LogP contribution in [0.3, 0.4) is 0 Å². The number of hydrogen-bond acceptors (Lipinski definition) is 3. The number of halogens is 1. The molecular weight excluding hydrogens is 386 g/mol. The van der Waals surface area contributed by atoms with E-state index in [1.54, 1.807) is 18.8 Å². The molecule has 0 heterocycles. The highest BCUT2D eigenvalue weighted by Gasteiger charge is 2.03. The van der Waals surface area contributed by atoms with Gasteiger partial charge in [-0.2, -0.15) is 0 Å². The van der Waals surface area contributed by atoms with Crippen LogP contribution in [0.1, 0.15) is 5.56 Å². The minimum Gasteiger partial charge on any atom is -0.356 e. The maximum Gasteiger partial charge on any atom is 0.191 e. The molecule has 0 saturated heterocycles. The predicted molar refractivity (Wildman–Crippen MR) is 115 cm³/mol. The molecule has 1 unspecified atom stereocenters. The van der Waals surface area contributed by atoms with Gasteiger partial charge < -0.3 is 10.6 Å². The molecule has 0 aromatic heterocycles. The first-order valence-corrected chi connectivity index (χ1v) is 11.2. The lowest BCUT2D eigenvalue weighted by atomic mass is 10.2. The van der Waals surface area contributed by atoms with E-state index in [1.165, 1.54) is 4.90 Å². The Kier molecular flexibility index (Phi) is 9.60. The Labute approximate surface area is 167 Å². The quantitative estimate of drug-likeness (QED) is 0.288. The van der Waals surface area contributed by atoms with Crippen LogP contribution >= 0.6 is 23.4 Å². The number of nitrogens with one attached hydrogen (secondary N) is 2. The fourth-order valence-electron chi connectivity index (χ4n) is 2.21. The van der Waals surface area contributed by atoms with Crippen molar-refractivity contribution in [2.75, 3.05) is 31.6 Å². The predicted octanol–water partition coefficient (Wildman–Crippen LogP) is 3.55. The van der Waals surface area contributed by atoms with E-state index in [9.17, 15) is 4.21 Å². The molecule has 0 amide bonds. The van der Waals surface area contributed by atoms with E-state index in [4.69, 9.17) is 11.6 Å². The van der Waals surface area contributed by atoms with Crippen LogP contribution in [0.15, 0.2) is 64.5 Å². The van der Waals surface area contributed by atoms with Crippen molar-refractivity contribution >= 4 is 40.1 Å². The number of thioether (sulfide) groups is 1. The monoisotopic (exact) mass is 409 g/mol. The third-order valence-corrected chi connectivity index (χ3v) is 6.07. The van der Waals surface area contributed by atoms with Crippen molar-refractivity contribution in [2.45, 2.75) is 10.6 Å². The summed E-state index contributed by atoms with van der Waals surface area (Å²) in [5.41, 5.74) is 1.10. The topological polar surface area (TPSA) is 53.5 Å². The molecule has 0 spiro atoms. The highest BCUT2D eigenvalue weighted by molar-refractivity contribution is 7.99. The summed E-state index contributed by atoms with van der Waals surface area (Å²) in [5, 5.41) is 7.23. The largest absolute Gasteiger partial charge is 0.356 e. The molecule has 2 aromatic carbocycles. The van der Waals surface area contributed by atoms with E-state index in [-0.39, 0.29) is 0 Å². The van der Waals surface area contributed by atoms with Gasteiger partial charge in [-0.3, -0.25) is 9.20 Å². The Balaban J connectivity index is 1.60. The molecule has 1 atom stereocenters. The Bertz CT molecular complexity index is 708. The van der Waals surface area contributed by atoms with Gasteiger partial charge in [-0.1, -0.05) is 41.9 Å². The number of hydrogen-bond donors (Lipinski definition) is 2. The molecule has 2 N–H and O–H groups in total. The Hall–Kier alpha value is -1.50. The molecule has 0 saturated carbocycles. The van der Waals surface area contributed by atoms with E-state index in [0.717, 1.165) is 28.8 Å². The lowest BCUT2D eigenvalue weighted by Crippen LogP contribution is -2.40. The Morgan fingerprint density at radius 2 is 1.77 bits per heavy atom. The fraction of sp³-hybridized carbons (Fsp3) is 0.316. The third-order valence-electron chi connectivity index (χ3n) is 3.49. The molecule has 4 nitrogen and oxygen atoms in total. The Morgan fingerprint density at radius 3 is 2.46 bits per heavy atom. The van der Waals surface area contributed by atoms with Crippen molar-refractivity contribution in [3.8, 4) is 0 Å². The SMILES string of the molecule is CN=C(NCCSc1ccc(Cl)cc1)NCCS(=O)Cc1ccccc1. The molecule has 7 heteroatoms. The van der Waals surface area contributed by atoms with Crippen molar-refractivity contribution in [2.24, 2.45) is 4.99 Å². The lowest BCUT2D eigenvalue weighted by Gasteiger charge is -2.11. The van der Waals surface area contributed by atoms with Gasteiger partial charge in [0.15, 0.2) is 5.96 Å². The standard InChI is InChI=1S/C19H24ClN3OS2/c1-21-19(22-11-13-25-18-9-7-17(20)8-10-18)23-12-14-26(24)15-16-5-3-2-4-6-16/h2-10H,11-15H2,1H3,(H2,21,22,23). The van der Waals surface area contributed by atoms with E-state index in [0.29, 0.717) is 18.1 Å². The summed E-state index contributed by atoms with van der Waals surface area (Å²) in [6.45, 7) is 1.42. The van der Waals surface area contributed by atoms with Crippen LogP contribution in [0, 0.1) is 0 Å². The summed E-state index contributed by atoms with van der Waals surface area (Å²) < 4.78 is 12.1. The summed E-state index contributed by atoms with van der Waals surface area (Å²) in [4.78, 5) is 5.38. The molecule has 0 bridgehead atoms. The van der Waals surface area contributed by atoms with Crippen molar-refractivity contribution in [1.82, 2.24) is 10.6 Å². The summed E-state index contributed by atoms with van der Waals surface area (Å²) in [5.74, 6) is 2.84. The van der Waals surface area contributed by atoms with Gasteiger partial charge in [0.05, 0.1) is 0 Å². The highest BCUT2D eigenvalue weighted by Crippen LogP contribution is 2.19. The van der Waals surface area contributed by atoms with Crippen molar-refractivity contribution in [1.29, 1.82) is 0 Å². The van der Waals surface area contributed by atoms with E-state index in [1.807, 2.05) is 54.6 Å². The van der Waals surface area contributed by atoms with Gasteiger partial charge >= 0.3 is 0 Å². The van der Waals surface area contributed by atoms with Gasteiger partial charge in [-0.15, -0.1) is 11.8 Å². The molecule has 140 valence electrons. The maximum atomic E-state index is 12.1. The second-order valence-corrected chi connectivity index (χ2v) is 8.68. The summed E-state index contributed by atoms with van der Waals surface area (Å²) >= 11 is 7.64. The zero-order valence-corrected chi connectivity index (χ0v) is 17.2. The van der Waals surface area contributed by atoms with Crippen LogP contribution in [-0.4, -0.2) is 41.8 Å². The van der Waals surface area contributed by atoms with Crippen molar-refractivity contribution < 1.29 is 4.21 Å². The summed E-state index contributed by atoms with van der Waals surface area (Å²) in [6, 6.07) is 17.7. The second kappa shape index (κ2) is 12.0. The van der Waals surface area contributed by atoms with Crippen LogP contribution in [-0.2, 0) is 16.6 Å². The molecular formula is C19H24ClN3OS2. The average molecular weight is 410 g/mol. The van der Waals surface area contributed by atoms with Crippen molar-refractivity contribution in [3.05, 3.63) is 65.2 Å². The minimum absolute atomic E-state index is 0.590. The molecule has 2 rings (SSSR count). The van der Waals surface area contributed by atoms with Crippen molar-refractivity contribution in [3.63, 3.8) is 0 Å². The smallest absolute Gasteiger partial charge is 0.191 e. The van der Waals surface area contributed by atoms with Gasteiger partial charge in [0.25, 0.3) is 0 Å². The summed E-state index contributed by atoms with van der Waals surface area (Å²) in [6.07, 6.45) is 0. The van der Waals surface area contributed by atoms with Crippen LogP contribution in [0.2, 0.25) is 5.02 Å². The number of guanidine groups is 1. The lowest BCUT2D eigenvalue weighted by molar-refractivity contribution is 0.681. The molecule has 0 aliphatic heterocycles. The van der Waals surface area contributed by atoms with E-state index >= 15 is 0 Å². The number of benzene rings is 2. The van der Waals surface area contributed by atoms with Crippen LogP contribution < -0.4 is 10.6 Å². The first-order valence-electron chi connectivity index (χ1n) is 8.39. The van der Waals surface area contributed by atoms with Gasteiger partial charge in [0.1, 0.15) is 0 Å². The normalized spacial score (nSPS) is 12.6. The number of aliphatic imine (C=N–C) groups is 1. The second-order valence-electron chi connectivity index (χ2n) is 5.50. The third kappa shape index (κ3) is 8.25. The van der Waals surface area contributed by atoms with Crippen LogP contribution in [0.5, 0.6) is 0 Å². The number of rotatable bonds is 9. The van der Waals surface area contributed by atoms with E-state index < -0.39 is 10.8 Å².